The van der Waals surface area contributed by atoms with E-state index in [1.807, 2.05) is 24.3 Å². The Hall–Kier alpha value is -2.96. The van der Waals surface area contributed by atoms with E-state index < -0.39 is 0 Å². The summed E-state index contributed by atoms with van der Waals surface area (Å²) in [7, 11) is 0. The van der Waals surface area contributed by atoms with E-state index in [0.717, 1.165) is 36.1 Å². The number of aliphatic hydroxyl groups excluding tert-OH is 1. The fraction of sp³-hybridized carbons (Fsp3) is 0.357. The number of fused-ring (bicyclic) bond motifs is 3. The summed E-state index contributed by atoms with van der Waals surface area (Å²) in [5, 5.41) is 10.4. The van der Waals surface area contributed by atoms with Crippen LogP contribution in [0.3, 0.4) is 0 Å². The van der Waals surface area contributed by atoms with E-state index in [1.54, 1.807) is 12.1 Å². The fourth-order valence-electron chi connectivity index (χ4n) is 5.20. The van der Waals surface area contributed by atoms with Gasteiger partial charge in [0.15, 0.2) is 11.5 Å². The van der Waals surface area contributed by atoms with Crippen molar-refractivity contribution >= 4 is 0 Å². The number of ether oxygens (including phenoxy) is 2. The Morgan fingerprint density at radius 2 is 1.50 bits per heavy atom. The Kier molecular flexibility index (Phi) is 6.53. The molecule has 2 aliphatic heterocycles. The minimum Gasteiger partial charge on any atom is -0.485 e. The molecule has 6 heteroatoms. The molecule has 3 aromatic carbocycles. The molecule has 0 bridgehead atoms. The average molecular weight is 466 g/mol. The van der Waals surface area contributed by atoms with Gasteiger partial charge in [-0.3, -0.25) is 4.90 Å². The summed E-state index contributed by atoms with van der Waals surface area (Å²) in [5.74, 6) is 0.528. The largest absolute Gasteiger partial charge is 0.485 e. The molecule has 1 N–H and O–H groups in total. The van der Waals surface area contributed by atoms with Crippen molar-refractivity contribution in [1.82, 2.24) is 4.90 Å². The molecule has 0 unspecified atom stereocenters. The van der Waals surface area contributed by atoms with E-state index in [-0.39, 0.29) is 37.0 Å². The van der Waals surface area contributed by atoms with Gasteiger partial charge in [0.1, 0.15) is 24.8 Å². The molecule has 4 nitrogen and oxygen atoms in total. The Labute approximate surface area is 198 Å². The molecule has 0 aliphatic carbocycles. The fourth-order valence-corrected chi connectivity index (χ4v) is 5.20. The van der Waals surface area contributed by atoms with Gasteiger partial charge in [0.25, 0.3) is 0 Å². The molecular formula is C28H29F2NO3. The van der Waals surface area contributed by atoms with Crippen LogP contribution in [0.2, 0.25) is 0 Å². The first-order chi connectivity index (χ1) is 16.5. The number of aliphatic hydroxyl groups is 1. The van der Waals surface area contributed by atoms with Gasteiger partial charge in [-0.15, -0.1) is 0 Å². The second kappa shape index (κ2) is 9.72. The van der Waals surface area contributed by atoms with Crippen molar-refractivity contribution in [3.8, 4) is 11.5 Å². The van der Waals surface area contributed by atoms with E-state index in [4.69, 9.17) is 9.47 Å². The molecule has 34 heavy (non-hydrogen) atoms. The predicted molar refractivity (Wildman–Crippen MR) is 126 cm³/mol. The number of hydrogen-bond acceptors (Lipinski definition) is 4. The molecule has 1 fully saturated rings. The predicted octanol–water partition coefficient (Wildman–Crippen LogP) is 5.57. The van der Waals surface area contributed by atoms with Gasteiger partial charge in [0.2, 0.25) is 0 Å². The van der Waals surface area contributed by atoms with Crippen molar-refractivity contribution < 1.29 is 23.4 Å². The maximum absolute atomic E-state index is 13.7. The number of hydrogen-bond donors (Lipinski definition) is 1. The first-order valence-corrected chi connectivity index (χ1v) is 11.8. The summed E-state index contributed by atoms with van der Waals surface area (Å²) in [6.07, 6.45) is 2.02. The monoisotopic (exact) mass is 465 g/mol. The van der Waals surface area contributed by atoms with Crippen molar-refractivity contribution in [3.05, 3.63) is 94.6 Å². The molecule has 5 rings (SSSR count). The number of benzene rings is 3. The lowest BCUT2D eigenvalue weighted by Crippen LogP contribution is -2.48. The lowest BCUT2D eigenvalue weighted by Gasteiger charge is -2.46. The second-order valence-corrected chi connectivity index (χ2v) is 9.31. The standard InChI is InChI=1S/C28H29F2NO3/c1-18-10-24(32)14-26-25-15-28(34-17-20-5-3-7-23(30)12-20)27(13-21(25)8-9-31(18)26)33-16-19-4-2-6-22(29)11-19/h2-7,11-13,15,18,24,26,32H,8-10,14,16-17H2,1H3/t18-,24-,26+/m1/s1. The van der Waals surface area contributed by atoms with Gasteiger partial charge < -0.3 is 14.6 Å². The topological polar surface area (TPSA) is 41.9 Å². The Balaban J connectivity index is 1.45. The van der Waals surface area contributed by atoms with Crippen molar-refractivity contribution in [3.63, 3.8) is 0 Å². The van der Waals surface area contributed by atoms with E-state index in [1.165, 1.54) is 29.8 Å². The van der Waals surface area contributed by atoms with Crippen molar-refractivity contribution in [2.24, 2.45) is 0 Å². The van der Waals surface area contributed by atoms with Crippen LogP contribution in [0.25, 0.3) is 0 Å². The molecule has 3 atom stereocenters. The molecule has 0 saturated carbocycles. The maximum Gasteiger partial charge on any atom is 0.162 e. The molecule has 3 aromatic rings. The van der Waals surface area contributed by atoms with Crippen LogP contribution in [0.1, 0.15) is 48.1 Å². The summed E-state index contributed by atoms with van der Waals surface area (Å²) >= 11 is 0. The van der Waals surface area contributed by atoms with Gasteiger partial charge in [0.05, 0.1) is 6.10 Å². The van der Waals surface area contributed by atoms with Gasteiger partial charge >= 0.3 is 0 Å². The zero-order valence-electron chi connectivity index (χ0n) is 19.2. The highest BCUT2D eigenvalue weighted by Gasteiger charge is 2.37. The molecule has 0 aromatic heterocycles. The first kappa shape index (κ1) is 22.8. The SMILES string of the molecule is C[C@@H]1C[C@@H](O)C[C@H]2c3cc(OCc4cccc(F)c4)c(OCc4cccc(F)c4)cc3CCN12. The van der Waals surface area contributed by atoms with E-state index in [9.17, 15) is 13.9 Å². The highest BCUT2D eigenvalue weighted by molar-refractivity contribution is 5.50. The van der Waals surface area contributed by atoms with Gasteiger partial charge in [0, 0.05) is 18.6 Å². The van der Waals surface area contributed by atoms with Gasteiger partial charge in [-0.2, -0.15) is 0 Å². The minimum atomic E-state index is -0.331. The van der Waals surface area contributed by atoms with E-state index in [0.29, 0.717) is 24.0 Å². The molecular weight excluding hydrogens is 436 g/mol. The minimum absolute atomic E-state index is 0.122. The summed E-state index contributed by atoms with van der Waals surface area (Å²) in [6, 6.07) is 17.1. The third kappa shape index (κ3) is 4.93. The lowest BCUT2D eigenvalue weighted by atomic mass is 9.83. The zero-order chi connectivity index (χ0) is 23.7. The number of halogens is 2. The van der Waals surface area contributed by atoms with Crippen LogP contribution in [0, 0.1) is 11.6 Å². The van der Waals surface area contributed by atoms with Gasteiger partial charge in [-0.1, -0.05) is 24.3 Å². The van der Waals surface area contributed by atoms with Gasteiger partial charge in [-0.05, 0) is 84.8 Å². The summed E-state index contributed by atoms with van der Waals surface area (Å²) in [5.41, 5.74) is 3.76. The van der Waals surface area contributed by atoms with E-state index >= 15 is 0 Å². The highest BCUT2D eigenvalue weighted by Crippen LogP contribution is 2.43. The average Bonchev–Trinajstić information content (AvgIpc) is 2.81. The molecule has 178 valence electrons. The molecule has 0 spiro atoms. The van der Waals surface area contributed by atoms with Crippen LogP contribution in [0.15, 0.2) is 60.7 Å². The smallest absolute Gasteiger partial charge is 0.162 e. The van der Waals surface area contributed by atoms with Crippen LogP contribution in [0.4, 0.5) is 8.78 Å². The normalized spacial score (nSPS) is 22.1. The summed E-state index contributed by atoms with van der Waals surface area (Å²) in [4.78, 5) is 2.46. The number of rotatable bonds is 6. The molecule has 2 heterocycles. The van der Waals surface area contributed by atoms with Crippen LogP contribution < -0.4 is 9.47 Å². The third-order valence-electron chi connectivity index (χ3n) is 6.85. The van der Waals surface area contributed by atoms with Crippen LogP contribution in [-0.2, 0) is 19.6 Å². The molecule has 0 radical (unpaired) electrons. The van der Waals surface area contributed by atoms with Crippen molar-refractivity contribution in [2.75, 3.05) is 6.54 Å². The molecule has 0 amide bonds. The Morgan fingerprint density at radius 3 is 2.12 bits per heavy atom. The highest BCUT2D eigenvalue weighted by atomic mass is 19.1. The lowest BCUT2D eigenvalue weighted by molar-refractivity contribution is 0.000925. The molecule has 2 aliphatic rings. The van der Waals surface area contributed by atoms with Gasteiger partial charge in [-0.25, -0.2) is 8.78 Å². The Bertz CT molecular complexity index is 1170. The summed E-state index contributed by atoms with van der Waals surface area (Å²) in [6.45, 7) is 3.50. The third-order valence-corrected chi connectivity index (χ3v) is 6.85. The van der Waals surface area contributed by atoms with Crippen molar-refractivity contribution in [2.45, 2.75) is 57.6 Å². The molecule has 1 saturated heterocycles. The summed E-state index contributed by atoms with van der Waals surface area (Å²) < 4.78 is 39.5. The first-order valence-electron chi connectivity index (χ1n) is 11.8. The zero-order valence-corrected chi connectivity index (χ0v) is 19.2. The van der Waals surface area contributed by atoms with E-state index in [2.05, 4.69) is 11.8 Å². The number of nitrogens with zero attached hydrogens (tertiary/aromatic N) is 1. The van der Waals surface area contributed by atoms with Crippen LogP contribution >= 0.6 is 0 Å². The Morgan fingerprint density at radius 1 is 0.882 bits per heavy atom. The number of piperidine rings is 1. The van der Waals surface area contributed by atoms with Crippen LogP contribution in [-0.4, -0.2) is 28.7 Å². The van der Waals surface area contributed by atoms with Crippen LogP contribution in [0.5, 0.6) is 11.5 Å². The van der Waals surface area contributed by atoms with Crippen molar-refractivity contribution in [1.29, 1.82) is 0 Å². The second-order valence-electron chi connectivity index (χ2n) is 9.31. The maximum atomic E-state index is 13.7. The quantitative estimate of drug-likeness (QED) is 0.517.